The summed E-state index contributed by atoms with van der Waals surface area (Å²) in [7, 11) is 0. The second-order valence-electron chi connectivity index (χ2n) is 4.35. The molecule has 98 valence electrons. The number of aromatic nitrogens is 5. The maximum absolute atomic E-state index is 5.21. The number of hydrogen-bond donors (Lipinski definition) is 0. The first-order chi connectivity index (χ1) is 9.13. The van der Waals surface area contributed by atoms with Gasteiger partial charge in [-0.2, -0.15) is 10.1 Å². The maximum Gasteiger partial charge on any atom is 0.248 e. The topological polar surface area (TPSA) is 82.8 Å². The highest BCUT2D eigenvalue weighted by Gasteiger charge is 2.15. The van der Waals surface area contributed by atoms with Crippen LogP contribution in [0.1, 0.15) is 23.0 Å². The fourth-order valence-electron chi connectivity index (χ4n) is 1.90. The standard InChI is InChI=1S/C12H13N5O2/c1-7-4-8(2)17(15-7)5-10-14-12(16-19-10)11-9(3)18-6-13-11/h4,6H,5H2,1-3H3. The van der Waals surface area contributed by atoms with Crippen LogP contribution in [0, 0.1) is 20.8 Å². The molecule has 0 radical (unpaired) electrons. The Bertz CT molecular complexity index is 709. The van der Waals surface area contributed by atoms with Crippen LogP contribution < -0.4 is 0 Å². The molecule has 3 aromatic rings. The van der Waals surface area contributed by atoms with Crippen molar-refractivity contribution in [3.8, 4) is 11.5 Å². The maximum atomic E-state index is 5.21. The SMILES string of the molecule is Cc1cc(C)n(Cc2nc(-c3ncoc3C)no2)n1. The summed E-state index contributed by atoms with van der Waals surface area (Å²) >= 11 is 0. The van der Waals surface area contributed by atoms with Crippen molar-refractivity contribution in [3.63, 3.8) is 0 Å². The molecule has 0 bridgehead atoms. The van der Waals surface area contributed by atoms with Gasteiger partial charge in [0.1, 0.15) is 12.3 Å². The van der Waals surface area contributed by atoms with Crippen molar-refractivity contribution < 1.29 is 8.94 Å². The van der Waals surface area contributed by atoms with E-state index in [1.165, 1.54) is 6.39 Å². The van der Waals surface area contributed by atoms with Gasteiger partial charge in [0.05, 0.1) is 5.69 Å². The monoisotopic (exact) mass is 259 g/mol. The summed E-state index contributed by atoms with van der Waals surface area (Å²) in [5.41, 5.74) is 2.61. The molecule has 3 rings (SSSR count). The average molecular weight is 259 g/mol. The van der Waals surface area contributed by atoms with Crippen LogP contribution in [0.4, 0.5) is 0 Å². The summed E-state index contributed by atoms with van der Waals surface area (Å²) in [4.78, 5) is 8.35. The van der Waals surface area contributed by atoms with Gasteiger partial charge in [-0.05, 0) is 26.8 Å². The Morgan fingerprint density at radius 2 is 2.11 bits per heavy atom. The zero-order valence-corrected chi connectivity index (χ0v) is 10.9. The van der Waals surface area contributed by atoms with E-state index in [-0.39, 0.29) is 0 Å². The molecule has 0 aliphatic heterocycles. The Morgan fingerprint density at radius 3 is 2.74 bits per heavy atom. The Kier molecular flexibility index (Phi) is 2.66. The molecule has 3 aromatic heterocycles. The van der Waals surface area contributed by atoms with Gasteiger partial charge in [-0.15, -0.1) is 0 Å². The van der Waals surface area contributed by atoms with Crippen molar-refractivity contribution in [2.24, 2.45) is 0 Å². The fourth-order valence-corrected chi connectivity index (χ4v) is 1.90. The van der Waals surface area contributed by atoms with Gasteiger partial charge in [-0.3, -0.25) is 4.68 Å². The molecular weight excluding hydrogens is 246 g/mol. The van der Waals surface area contributed by atoms with Crippen molar-refractivity contribution in [1.29, 1.82) is 0 Å². The zero-order valence-electron chi connectivity index (χ0n) is 10.9. The molecule has 0 fully saturated rings. The van der Waals surface area contributed by atoms with Gasteiger partial charge in [-0.1, -0.05) is 5.16 Å². The molecule has 0 amide bonds. The van der Waals surface area contributed by atoms with E-state index in [0.29, 0.717) is 29.7 Å². The van der Waals surface area contributed by atoms with E-state index >= 15 is 0 Å². The Balaban J connectivity index is 1.86. The Morgan fingerprint density at radius 1 is 1.26 bits per heavy atom. The number of nitrogens with zero attached hydrogens (tertiary/aromatic N) is 5. The average Bonchev–Trinajstić information content (AvgIpc) is 3.02. The second-order valence-corrected chi connectivity index (χ2v) is 4.35. The van der Waals surface area contributed by atoms with Crippen LogP contribution in [0.15, 0.2) is 21.4 Å². The van der Waals surface area contributed by atoms with Gasteiger partial charge in [-0.25, -0.2) is 4.98 Å². The van der Waals surface area contributed by atoms with Crippen LogP contribution in [0.2, 0.25) is 0 Å². The summed E-state index contributed by atoms with van der Waals surface area (Å²) < 4.78 is 12.1. The summed E-state index contributed by atoms with van der Waals surface area (Å²) in [5.74, 6) is 1.59. The molecule has 3 heterocycles. The quantitative estimate of drug-likeness (QED) is 0.714. The number of oxazole rings is 1. The fraction of sp³-hybridized carbons (Fsp3) is 0.333. The minimum atomic E-state index is 0.433. The molecule has 0 aromatic carbocycles. The van der Waals surface area contributed by atoms with E-state index in [0.717, 1.165) is 11.4 Å². The van der Waals surface area contributed by atoms with E-state index < -0.39 is 0 Å². The summed E-state index contributed by atoms with van der Waals surface area (Å²) in [5, 5.41) is 8.25. The number of hydrogen-bond acceptors (Lipinski definition) is 6. The minimum absolute atomic E-state index is 0.433. The molecular formula is C12H13N5O2. The lowest BCUT2D eigenvalue weighted by molar-refractivity contribution is 0.364. The number of aryl methyl sites for hydroxylation is 3. The van der Waals surface area contributed by atoms with E-state index in [2.05, 4.69) is 20.2 Å². The molecule has 7 nitrogen and oxygen atoms in total. The van der Waals surface area contributed by atoms with Gasteiger partial charge < -0.3 is 8.94 Å². The molecule has 0 saturated carbocycles. The molecule has 7 heteroatoms. The molecule has 0 aliphatic rings. The smallest absolute Gasteiger partial charge is 0.248 e. The van der Waals surface area contributed by atoms with Crippen LogP contribution in [-0.4, -0.2) is 24.9 Å². The van der Waals surface area contributed by atoms with Gasteiger partial charge in [0.15, 0.2) is 12.1 Å². The van der Waals surface area contributed by atoms with Gasteiger partial charge in [0.25, 0.3) is 0 Å². The normalized spacial score (nSPS) is 11.1. The lowest BCUT2D eigenvalue weighted by Gasteiger charge is -1.98. The van der Waals surface area contributed by atoms with E-state index in [9.17, 15) is 0 Å². The van der Waals surface area contributed by atoms with E-state index in [4.69, 9.17) is 8.94 Å². The largest absolute Gasteiger partial charge is 0.448 e. The molecule has 19 heavy (non-hydrogen) atoms. The van der Waals surface area contributed by atoms with Gasteiger partial charge in [0, 0.05) is 5.69 Å². The molecule has 0 aliphatic carbocycles. The lowest BCUT2D eigenvalue weighted by atomic mass is 10.3. The predicted molar refractivity (Wildman–Crippen MR) is 65.3 cm³/mol. The van der Waals surface area contributed by atoms with Gasteiger partial charge >= 0.3 is 0 Å². The highest BCUT2D eigenvalue weighted by molar-refractivity contribution is 5.49. The molecule has 0 atom stereocenters. The van der Waals surface area contributed by atoms with E-state index in [1.807, 2.05) is 24.6 Å². The van der Waals surface area contributed by atoms with Crippen molar-refractivity contribution in [1.82, 2.24) is 24.9 Å². The molecule has 0 unspecified atom stereocenters. The first-order valence-corrected chi connectivity index (χ1v) is 5.87. The molecule has 0 spiro atoms. The third-order valence-corrected chi connectivity index (χ3v) is 2.81. The van der Waals surface area contributed by atoms with Crippen LogP contribution >= 0.6 is 0 Å². The van der Waals surface area contributed by atoms with Crippen molar-refractivity contribution >= 4 is 0 Å². The Hall–Kier alpha value is -2.44. The summed E-state index contributed by atoms with van der Waals surface area (Å²) in [6, 6.07) is 2.00. The minimum Gasteiger partial charge on any atom is -0.448 e. The van der Waals surface area contributed by atoms with Crippen LogP contribution in [0.3, 0.4) is 0 Å². The van der Waals surface area contributed by atoms with Gasteiger partial charge in [0.2, 0.25) is 11.7 Å². The third-order valence-electron chi connectivity index (χ3n) is 2.81. The van der Waals surface area contributed by atoms with Crippen molar-refractivity contribution in [2.45, 2.75) is 27.3 Å². The molecule has 0 saturated heterocycles. The highest BCUT2D eigenvalue weighted by Crippen LogP contribution is 2.18. The summed E-state index contributed by atoms with van der Waals surface area (Å²) in [6.07, 6.45) is 1.36. The first kappa shape index (κ1) is 11.6. The van der Waals surface area contributed by atoms with Crippen molar-refractivity contribution in [2.75, 3.05) is 0 Å². The predicted octanol–water partition coefficient (Wildman–Crippen LogP) is 1.89. The lowest BCUT2D eigenvalue weighted by Crippen LogP contribution is -2.04. The van der Waals surface area contributed by atoms with Crippen LogP contribution in [-0.2, 0) is 6.54 Å². The molecule has 0 N–H and O–H groups in total. The number of rotatable bonds is 3. The first-order valence-electron chi connectivity index (χ1n) is 5.87. The van der Waals surface area contributed by atoms with Crippen molar-refractivity contribution in [3.05, 3.63) is 35.5 Å². The van der Waals surface area contributed by atoms with Crippen LogP contribution in [0.5, 0.6) is 0 Å². The highest BCUT2D eigenvalue weighted by atomic mass is 16.5. The van der Waals surface area contributed by atoms with Crippen LogP contribution in [0.25, 0.3) is 11.5 Å². The van der Waals surface area contributed by atoms with E-state index in [1.54, 1.807) is 6.92 Å². The zero-order chi connectivity index (χ0) is 13.4. The summed E-state index contributed by atoms with van der Waals surface area (Å²) in [6.45, 7) is 6.18. The second kappa shape index (κ2) is 4.34. The third kappa shape index (κ3) is 2.14. The Labute approximate surface area is 109 Å².